The lowest BCUT2D eigenvalue weighted by molar-refractivity contribution is 0.0222. The molecule has 0 aromatic rings. The zero-order valence-electron chi connectivity index (χ0n) is 4.69. The highest BCUT2D eigenvalue weighted by molar-refractivity contribution is 4.91. The first kappa shape index (κ1) is 6.43. The van der Waals surface area contributed by atoms with Gasteiger partial charge in [-0.15, -0.1) is 0 Å². The summed E-state index contributed by atoms with van der Waals surface area (Å²) in [4.78, 5) is 2.94. The van der Waals surface area contributed by atoms with E-state index in [4.69, 9.17) is 6.57 Å². The van der Waals surface area contributed by atoms with Crippen molar-refractivity contribution in [2.45, 2.75) is 18.5 Å². The molecular weight excluding hydrogens is 126 g/mol. The van der Waals surface area contributed by atoms with Crippen LogP contribution in [0.4, 0.5) is 8.78 Å². The molecule has 9 heavy (non-hydrogen) atoms. The van der Waals surface area contributed by atoms with Crippen molar-refractivity contribution in [1.82, 2.24) is 5.32 Å². The maximum Gasteiger partial charge on any atom is 0.283 e. The molecule has 1 unspecified atom stereocenters. The van der Waals surface area contributed by atoms with Crippen LogP contribution in [0.25, 0.3) is 4.85 Å². The van der Waals surface area contributed by atoms with Crippen LogP contribution in [-0.2, 0) is 0 Å². The predicted octanol–water partition coefficient (Wildman–Crippen LogP) is 0.860. The summed E-state index contributed by atoms with van der Waals surface area (Å²) < 4.78 is 24.4. The molecule has 2 nitrogen and oxygen atoms in total. The van der Waals surface area contributed by atoms with Gasteiger partial charge in [-0.1, -0.05) is 0 Å². The zero-order chi connectivity index (χ0) is 6.91. The molecule has 50 valence electrons. The van der Waals surface area contributed by atoms with Gasteiger partial charge in [-0.05, 0) is 0 Å². The average Bonchev–Trinajstić information content (AvgIpc) is 2.10. The van der Waals surface area contributed by atoms with E-state index in [-0.39, 0.29) is 13.0 Å². The van der Waals surface area contributed by atoms with Crippen molar-refractivity contribution < 1.29 is 8.78 Å². The smallest absolute Gasteiger partial charge is 0.283 e. The van der Waals surface area contributed by atoms with Gasteiger partial charge in [0.05, 0.1) is 6.54 Å². The summed E-state index contributed by atoms with van der Waals surface area (Å²) in [5.41, 5.74) is 0. The van der Waals surface area contributed by atoms with Crippen molar-refractivity contribution in [3.8, 4) is 0 Å². The predicted molar refractivity (Wildman–Crippen MR) is 28.0 cm³/mol. The fraction of sp³-hybridized carbons (Fsp3) is 0.800. The third-order valence-corrected chi connectivity index (χ3v) is 1.24. The maximum absolute atomic E-state index is 12.2. The Morgan fingerprint density at radius 1 is 1.67 bits per heavy atom. The van der Waals surface area contributed by atoms with Gasteiger partial charge in [0.1, 0.15) is 6.42 Å². The second kappa shape index (κ2) is 1.92. The van der Waals surface area contributed by atoms with E-state index >= 15 is 0 Å². The van der Waals surface area contributed by atoms with Gasteiger partial charge >= 0.3 is 0 Å². The van der Waals surface area contributed by atoms with Gasteiger partial charge in [-0.2, -0.15) is 0 Å². The Balaban J connectivity index is 2.50. The first-order valence-corrected chi connectivity index (χ1v) is 2.62. The van der Waals surface area contributed by atoms with Gasteiger partial charge in [0.25, 0.3) is 12.1 Å². The molecule has 0 bridgehead atoms. The van der Waals surface area contributed by atoms with Gasteiger partial charge in [-0.25, -0.2) is 20.7 Å². The molecule has 1 N–H and O–H groups in total. The molecule has 0 radical (unpaired) electrons. The second-order valence-electron chi connectivity index (χ2n) is 2.09. The molecule has 0 aliphatic carbocycles. The summed E-state index contributed by atoms with van der Waals surface area (Å²) in [6.07, 6.45) is -1.00. The van der Waals surface area contributed by atoms with Crippen LogP contribution in [0, 0.1) is 6.57 Å². The van der Waals surface area contributed by atoms with Crippen LogP contribution < -0.4 is 5.32 Å². The van der Waals surface area contributed by atoms with Crippen molar-refractivity contribution in [1.29, 1.82) is 0 Å². The normalized spacial score (nSPS) is 31.9. The molecule has 1 aliphatic rings. The molecule has 1 fully saturated rings. The Labute approximate surface area is 51.7 Å². The standard InChI is InChI=1S/C5H6F2N2/c1-8-4-2-5(6,7)3-9-4/h4,9H,2-3H2. The molecule has 0 saturated carbocycles. The highest BCUT2D eigenvalue weighted by Crippen LogP contribution is 2.25. The molecule has 1 aliphatic heterocycles. The van der Waals surface area contributed by atoms with Crippen LogP contribution in [0.3, 0.4) is 0 Å². The average molecular weight is 132 g/mol. The lowest BCUT2D eigenvalue weighted by atomic mass is 10.3. The van der Waals surface area contributed by atoms with Gasteiger partial charge in [-0.3, -0.25) is 4.85 Å². The summed E-state index contributed by atoms with van der Waals surface area (Å²) in [6.45, 7) is 6.06. The van der Waals surface area contributed by atoms with Crippen molar-refractivity contribution in [3.63, 3.8) is 0 Å². The molecule has 0 spiro atoms. The van der Waals surface area contributed by atoms with E-state index in [0.717, 1.165) is 0 Å². The summed E-state index contributed by atoms with van der Waals surface area (Å²) in [7, 11) is 0. The minimum absolute atomic E-state index is 0.337. The monoisotopic (exact) mass is 132 g/mol. The first-order chi connectivity index (χ1) is 4.14. The molecule has 0 aromatic heterocycles. The van der Waals surface area contributed by atoms with Crippen LogP contribution >= 0.6 is 0 Å². The largest absolute Gasteiger partial charge is 0.296 e. The number of alkyl halides is 2. The highest BCUT2D eigenvalue weighted by atomic mass is 19.3. The van der Waals surface area contributed by atoms with Crippen LogP contribution in [0.2, 0.25) is 0 Å². The highest BCUT2D eigenvalue weighted by Gasteiger charge is 2.42. The molecule has 1 saturated heterocycles. The maximum atomic E-state index is 12.2. The van der Waals surface area contributed by atoms with Crippen LogP contribution in [0.5, 0.6) is 0 Å². The molecule has 1 heterocycles. The van der Waals surface area contributed by atoms with Crippen molar-refractivity contribution in [2.24, 2.45) is 0 Å². The number of hydrogen-bond acceptors (Lipinski definition) is 1. The number of nitrogens with one attached hydrogen (secondary N) is 1. The summed E-state index contributed by atoms with van der Waals surface area (Å²) in [5.74, 6) is -2.66. The lowest BCUT2D eigenvalue weighted by Crippen LogP contribution is -2.20. The molecule has 0 aromatic carbocycles. The van der Waals surface area contributed by atoms with Crippen molar-refractivity contribution in [2.75, 3.05) is 6.54 Å². The van der Waals surface area contributed by atoms with Gasteiger partial charge < -0.3 is 0 Å². The lowest BCUT2D eigenvalue weighted by Gasteiger charge is -2.00. The van der Waals surface area contributed by atoms with E-state index in [1.54, 1.807) is 0 Å². The number of hydrogen-bond donors (Lipinski definition) is 1. The Kier molecular flexibility index (Phi) is 1.37. The Morgan fingerprint density at radius 3 is 2.56 bits per heavy atom. The number of nitrogens with zero attached hydrogens (tertiary/aromatic N) is 1. The third-order valence-electron chi connectivity index (χ3n) is 1.24. The van der Waals surface area contributed by atoms with Crippen molar-refractivity contribution in [3.05, 3.63) is 11.4 Å². The fourth-order valence-electron chi connectivity index (χ4n) is 0.786. The molecule has 4 heteroatoms. The van der Waals surface area contributed by atoms with Crippen LogP contribution in [0.1, 0.15) is 6.42 Å². The number of halogens is 2. The van der Waals surface area contributed by atoms with E-state index in [0.29, 0.717) is 0 Å². The zero-order valence-corrected chi connectivity index (χ0v) is 4.69. The Morgan fingerprint density at radius 2 is 2.33 bits per heavy atom. The van der Waals surface area contributed by atoms with Gasteiger partial charge in [0, 0.05) is 0 Å². The summed E-state index contributed by atoms with van der Waals surface area (Å²) in [6, 6.07) is 0. The van der Waals surface area contributed by atoms with Crippen molar-refractivity contribution >= 4 is 0 Å². The van der Waals surface area contributed by atoms with E-state index in [2.05, 4.69) is 10.2 Å². The summed E-state index contributed by atoms with van der Waals surface area (Å²) >= 11 is 0. The third kappa shape index (κ3) is 1.36. The SMILES string of the molecule is [C-]#[N+]C1CC(F)(F)CN1. The second-order valence-corrected chi connectivity index (χ2v) is 2.09. The number of rotatable bonds is 0. The van der Waals surface area contributed by atoms with E-state index in [1.165, 1.54) is 0 Å². The van der Waals surface area contributed by atoms with E-state index in [9.17, 15) is 8.78 Å². The van der Waals surface area contributed by atoms with E-state index in [1.807, 2.05) is 0 Å². The molecular formula is C5H6F2N2. The van der Waals surface area contributed by atoms with Gasteiger partial charge in [0.2, 0.25) is 0 Å². The molecule has 1 atom stereocenters. The topological polar surface area (TPSA) is 16.4 Å². The summed E-state index contributed by atoms with van der Waals surface area (Å²) in [5, 5.41) is 2.39. The molecule has 0 amide bonds. The van der Waals surface area contributed by atoms with Crippen LogP contribution in [0.15, 0.2) is 0 Å². The molecule has 1 rings (SSSR count). The minimum atomic E-state index is -2.66. The van der Waals surface area contributed by atoms with Gasteiger partial charge in [0.15, 0.2) is 0 Å². The minimum Gasteiger partial charge on any atom is -0.296 e. The quantitative estimate of drug-likeness (QED) is 0.483. The Bertz CT molecular complexity index is 150. The first-order valence-electron chi connectivity index (χ1n) is 2.62. The fourth-order valence-corrected chi connectivity index (χ4v) is 0.786. The van der Waals surface area contributed by atoms with E-state index < -0.39 is 12.1 Å². The Hall–Kier alpha value is -0.690. The van der Waals surface area contributed by atoms with Crippen LogP contribution in [-0.4, -0.2) is 18.6 Å².